The Morgan fingerprint density at radius 1 is 1.03 bits per heavy atom. The molecule has 3 rings (SSSR count). The molecule has 0 bridgehead atoms. The number of hydrazine groups is 1. The van der Waals surface area contributed by atoms with E-state index in [1.165, 1.54) is 6.07 Å². The summed E-state index contributed by atoms with van der Waals surface area (Å²) in [6.07, 6.45) is 0. The Morgan fingerprint density at radius 3 is 2.48 bits per heavy atom. The Morgan fingerprint density at radius 2 is 1.76 bits per heavy atom. The molecule has 2 amide bonds. The third-order valence-electron chi connectivity index (χ3n) is 3.70. The number of hydrogen-bond acceptors (Lipinski definition) is 6. The van der Waals surface area contributed by atoms with Crippen molar-refractivity contribution < 1.29 is 28.1 Å². The summed E-state index contributed by atoms with van der Waals surface area (Å²) in [4.78, 5) is 33.9. The van der Waals surface area contributed by atoms with E-state index < -0.39 is 28.2 Å². The molecule has 1 heterocycles. The van der Waals surface area contributed by atoms with E-state index in [9.17, 15) is 24.1 Å². The van der Waals surface area contributed by atoms with Crippen LogP contribution in [0.2, 0.25) is 0 Å². The molecule has 10 heteroatoms. The zero-order chi connectivity index (χ0) is 20.8. The van der Waals surface area contributed by atoms with Crippen molar-refractivity contribution in [3.05, 3.63) is 93.7 Å². The average Bonchev–Trinajstić information content (AvgIpc) is 3.20. The molecular weight excluding hydrogens is 385 g/mol. The first-order valence-corrected chi connectivity index (χ1v) is 8.25. The minimum Gasteiger partial charge on any atom is -0.486 e. The highest BCUT2D eigenvalue weighted by molar-refractivity contribution is 5.98. The van der Waals surface area contributed by atoms with Gasteiger partial charge in [-0.2, -0.15) is 4.39 Å². The minimum absolute atomic E-state index is 0.0814. The number of carbonyl (C=O) groups is 2. The molecule has 2 aromatic carbocycles. The number of carbonyl (C=O) groups excluding carboxylic acids is 2. The molecule has 0 unspecified atom stereocenters. The molecule has 0 saturated heterocycles. The Labute approximate surface area is 163 Å². The first kappa shape index (κ1) is 19.5. The number of halogens is 1. The van der Waals surface area contributed by atoms with Crippen molar-refractivity contribution in [1.82, 2.24) is 10.9 Å². The summed E-state index contributed by atoms with van der Waals surface area (Å²) in [6.45, 7) is 0.100. The summed E-state index contributed by atoms with van der Waals surface area (Å²) in [5, 5.41) is 10.7. The summed E-state index contributed by atoms with van der Waals surface area (Å²) in [5.41, 5.74) is 3.14. The number of rotatable bonds is 6. The van der Waals surface area contributed by atoms with E-state index in [0.717, 1.165) is 18.2 Å². The Balaban J connectivity index is 1.55. The van der Waals surface area contributed by atoms with Gasteiger partial charge in [-0.25, -0.2) is 0 Å². The van der Waals surface area contributed by atoms with E-state index >= 15 is 0 Å². The fourth-order valence-corrected chi connectivity index (χ4v) is 2.29. The molecule has 0 aliphatic rings. The number of ether oxygens (including phenoxy) is 1. The second-order valence-corrected chi connectivity index (χ2v) is 5.70. The molecule has 0 saturated carbocycles. The van der Waals surface area contributed by atoms with Gasteiger partial charge < -0.3 is 9.15 Å². The van der Waals surface area contributed by atoms with Crippen LogP contribution in [-0.2, 0) is 6.61 Å². The van der Waals surface area contributed by atoms with Crippen LogP contribution in [0.4, 0.5) is 10.1 Å². The highest BCUT2D eigenvalue weighted by Gasteiger charge is 2.18. The van der Waals surface area contributed by atoms with Gasteiger partial charge in [0.25, 0.3) is 5.91 Å². The molecule has 29 heavy (non-hydrogen) atoms. The van der Waals surface area contributed by atoms with Gasteiger partial charge in [0.1, 0.15) is 18.1 Å². The average molecular weight is 399 g/mol. The summed E-state index contributed by atoms with van der Waals surface area (Å²) >= 11 is 0. The van der Waals surface area contributed by atoms with E-state index in [1.807, 2.05) is 18.2 Å². The Bertz CT molecular complexity index is 1050. The number of para-hydroxylation sites is 1. The fraction of sp³-hybridized carbons (Fsp3) is 0.0526. The van der Waals surface area contributed by atoms with Gasteiger partial charge >= 0.3 is 11.6 Å². The number of benzene rings is 2. The predicted octanol–water partition coefficient (Wildman–Crippen LogP) is 2.98. The summed E-state index contributed by atoms with van der Waals surface area (Å²) in [7, 11) is 0. The monoisotopic (exact) mass is 399 g/mol. The maximum Gasteiger partial charge on any atom is 0.305 e. The zero-order valence-electron chi connectivity index (χ0n) is 14.8. The van der Waals surface area contributed by atoms with Crippen molar-refractivity contribution in [1.29, 1.82) is 0 Å². The van der Waals surface area contributed by atoms with E-state index in [4.69, 9.17) is 9.15 Å². The molecule has 0 atom stereocenters. The first-order chi connectivity index (χ1) is 13.9. The number of amides is 2. The second kappa shape index (κ2) is 8.65. The quantitative estimate of drug-likeness (QED) is 0.485. The number of nitro benzene ring substituents is 1. The van der Waals surface area contributed by atoms with Gasteiger partial charge in [0.05, 0.1) is 4.92 Å². The second-order valence-electron chi connectivity index (χ2n) is 5.70. The number of nitro groups is 1. The van der Waals surface area contributed by atoms with E-state index in [-0.39, 0.29) is 17.9 Å². The van der Waals surface area contributed by atoms with Gasteiger partial charge in [0.15, 0.2) is 5.76 Å². The third-order valence-corrected chi connectivity index (χ3v) is 3.70. The lowest BCUT2D eigenvalue weighted by Gasteiger charge is -2.06. The van der Waals surface area contributed by atoms with Crippen molar-refractivity contribution >= 4 is 17.5 Å². The van der Waals surface area contributed by atoms with Crippen molar-refractivity contribution in [3.8, 4) is 5.75 Å². The lowest BCUT2D eigenvalue weighted by Crippen LogP contribution is -2.41. The molecule has 0 fully saturated rings. The zero-order valence-corrected chi connectivity index (χ0v) is 14.8. The molecule has 3 aromatic rings. The summed E-state index contributed by atoms with van der Waals surface area (Å²) in [5.74, 6) is -1.74. The predicted molar refractivity (Wildman–Crippen MR) is 97.5 cm³/mol. The normalized spacial score (nSPS) is 10.2. The molecule has 2 N–H and O–H groups in total. The summed E-state index contributed by atoms with van der Waals surface area (Å²) in [6, 6.07) is 14.6. The van der Waals surface area contributed by atoms with Crippen LogP contribution in [0.1, 0.15) is 26.7 Å². The molecular formula is C19H14FN3O6. The number of hydrogen-bond donors (Lipinski definition) is 2. The van der Waals surface area contributed by atoms with Crippen LogP contribution in [-0.4, -0.2) is 16.7 Å². The van der Waals surface area contributed by atoms with E-state index in [2.05, 4.69) is 10.9 Å². The van der Waals surface area contributed by atoms with Gasteiger partial charge in [0.2, 0.25) is 5.82 Å². The molecule has 0 radical (unpaired) electrons. The lowest BCUT2D eigenvalue weighted by molar-refractivity contribution is -0.387. The number of nitrogens with one attached hydrogen (secondary N) is 2. The SMILES string of the molecule is O=C(NNC(=O)c1ccc(COc2ccccc2)o1)c1ccc(F)c([N+](=O)[O-])c1. The van der Waals surface area contributed by atoms with Crippen molar-refractivity contribution in [2.24, 2.45) is 0 Å². The molecule has 1 aromatic heterocycles. The maximum atomic E-state index is 13.3. The van der Waals surface area contributed by atoms with Crippen LogP contribution >= 0.6 is 0 Å². The smallest absolute Gasteiger partial charge is 0.305 e. The van der Waals surface area contributed by atoms with Gasteiger partial charge in [0, 0.05) is 11.6 Å². The first-order valence-electron chi connectivity index (χ1n) is 8.25. The van der Waals surface area contributed by atoms with Crippen LogP contribution in [0, 0.1) is 15.9 Å². The van der Waals surface area contributed by atoms with E-state index in [0.29, 0.717) is 11.5 Å². The summed E-state index contributed by atoms with van der Waals surface area (Å²) < 4.78 is 24.2. The Hall–Kier alpha value is -4.21. The lowest BCUT2D eigenvalue weighted by atomic mass is 10.2. The topological polar surface area (TPSA) is 124 Å². The molecule has 9 nitrogen and oxygen atoms in total. The van der Waals surface area contributed by atoms with Crippen molar-refractivity contribution in [3.63, 3.8) is 0 Å². The number of nitrogens with zero attached hydrogens (tertiary/aromatic N) is 1. The molecule has 148 valence electrons. The van der Waals surface area contributed by atoms with Crippen LogP contribution in [0.25, 0.3) is 0 Å². The third kappa shape index (κ3) is 4.95. The standard InChI is InChI=1S/C19H14FN3O6/c20-15-8-6-12(10-16(15)23(26)27)18(24)21-22-19(25)17-9-7-14(29-17)11-28-13-4-2-1-3-5-13/h1-10H,11H2,(H,21,24)(H,22,25). The van der Waals surface area contributed by atoms with Gasteiger partial charge in [-0.1, -0.05) is 18.2 Å². The van der Waals surface area contributed by atoms with Gasteiger partial charge in [-0.15, -0.1) is 0 Å². The van der Waals surface area contributed by atoms with Crippen LogP contribution in [0.15, 0.2) is 65.1 Å². The number of furan rings is 1. The van der Waals surface area contributed by atoms with Gasteiger partial charge in [-0.3, -0.25) is 30.6 Å². The van der Waals surface area contributed by atoms with Crippen LogP contribution in [0.3, 0.4) is 0 Å². The van der Waals surface area contributed by atoms with Crippen molar-refractivity contribution in [2.75, 3.05) is 0 Å². The fourth-order valence-electron chi connectivity index (χ4n) is 2.29. The van der Waals surface area contributed by atoms with Crippen molar-refractivity contribution in [2.45, 2.75) is 6.61 Å². The minimum atomic E-state index is -1.07. The molecule has 0 aliphatic heterocycles. The van der Waals surface area contributed by atoms with Crippen LogP contribution < -0.4 is 15.6 Å². The largest absolute Gasteiger partial charge is 0.486 e. The highest BCUT2D eigenvalue weighted by atomic mass is 19.1. The van der Waals surface area contributed by atoms with Crippen LogP contribution in [0.5, 0.6) is 5.75 Å². The highest BCUT2D eigenvalue weighted by Crippen LogP contribution is 2.18. The molecule has 0 aliphatic carbocycles. The van der Waals surface area contributed by atoms with E-state index in [1.54, 1.807) is 18.2 Å². The Kier molecular flexibility index (Phi) is 5.83. The van der Waals surface area contributed by atoms with Gasteiger partial charge in [-0.05, 0) is 36.4 Å². The maximum absolute atomic E-state index is 13.3. The molecule has 0 spiro atoms.